The highest BCUT2D eigenvalue weighted by Crippen LogP contribution is 2.24. The third-order valence-corrected chi connectivity index (χ3v) is 6.37. The molecule has 10 nitrogen and oxygen atoms in total. The number of nitrogens with one attached hydrogen (secondary N) is 1. The van der Waals surface area contributed by atoms with Crippen LogP contribution in [0.2, 0.25) is 0 Å². The molecule has 2 amide bonds. The van der Waals surface area contributed by atoms with Crippen molar-refractivity contribution in [3.63, 3.8) is 0 Å². The van der Waals surface area contributed by atoms with Gasteiger partial charge in [-0.15, -0.1) is 0 Å². The van der Waals surface area contributed by atoms with Gasteiger partial charge in [-0.3, -0.25) is 23.9 Å². The topological polar surface area (TPSA) is 131 Å². The van der Waals surface area contributed by atoms with E-state index in [2.05, 4.69) is 4.98 Å². The van der Waals surface area contributed by atoms with Gasteiger partial charge in [-0.1, -0.05) is 48.5 Å². The van der Waals surface area contributed by atoms with Crippen molar-refractivity contribution in [2.24, 2.45) is 5.92 Å². The van der Waals surface area contributed by atoms with Gasteiger partial charge in [0, 0.05) is 26.1 Å². The maximum Gasteiger partial charge on any atom is 0.330 e. The maximum absolute atomic E-state index is 13.2. The normalized spacial score (nSPS) is 13.9. The molecule has 3 N–H and O–H groups in total. The maximum atomic E-state index is 13.2. The molecule has 2 aromatic carbocycles. The van der Waals surface area contributed by atoms with Gasteiger partial charge in [0.25, 0.3) is 11.5 Å². The molecule has 1 aliphatic rings. The third kappa shape index (κ3) is 5.48. The molecule has 1 saturated heterocycles. The van der Waals surface area contributed by atoms with Crippen LogP contribution in [0.3, 0.4) is 0 Å². The van der Waals surface area contributed by atoms with E-state index in [9.17, 15) is 19.2 Å². The number of aromatic amines is 1. The number of nitrogen functional groups attached to an aromatic ring is 1. The first-order valence-corrected chi connectivity index (χ1v) is 11.7. The van der Waals surface area contributed by atoms with E-state index in [-0.39, 0.29) is 42.4 Å². The number of benzene rings is 2. The van der Waals surface area contributed by atoms with E-state index in [0.29, 0.717) is 31.7 Å². The minimum absolute atomic E-state index is 0.0645. The summed E-state index contributed by atoms with van der Waals surface area (Å²) in [5.74, 6) is -0.276. The fraction of sp³-hybridized carbons (Fsp3) is 0.308. The summed E-state index contributed by atoms with van der Waals surface area (Å²) in [6.07, 6.45) is 0.892. The number of amides is 2. The fourth-order valence-corrected chi connectivity index (χ4v) is 4.34. The quantitative estimate of drug-likeness (QED) is 0.514. The van der Waals surface area contributed by atoms with Gasteiger partial charge < -0.3 is 20.3 Å². The Kier molecular flexibility index (Phi) is 7.53. The van der Waals surface area contributed by atoms with Gasteiger partial charge in [-0.2, -0.15) is 0 Å². The van der Waals surface area contributed by atoms with Gasteiger partial charge in [0.2, 0.25) is 5.91 Å². The number of para-hydroxylation sites is 1. The average molecular weight is 492 g/mol. The number of nitrogens with zero attached hydrogens (tertiary/aromatic N) is 3. The lowest BCUT2D eigenvalue weighted by atomic mass is 9.95. The lowest BCUT2D eigenvalue weighted by Gasteiger charge is -2.33. The molecule has 0 saturated carbocycles. The van der Waals surface area contributed by atoms with Gasteiger partial charge in [0.15, 0.2) is 12.3 Å². The first-order chi connectivity index (χ1) is 17.3. The summed E-state index contributed by atoms with van der Waals surface area (Å²) in [6, 6.07) is 18.3. The van der Waals surface area contributed by atoms with Crippen molar-refractivity contribution >= 4 is 23.3 Å². The number of carbonyl (C=O) groups excluding carboxylic acids is 2. The van der Waals surface area contributed by atoms with Gasteiger partial charge in [-0.05, 0) is 30.5 Å². The molecule has 0 spiro atoms. The molecular formula is C26H29N5O5. The highest BCUT2D eigenvalue weighted by molar-refractivity contribution is 5.96. The van der Waals surface area contributed by atoms with E-state index < -0.39 is 11.2 Å². The third-order valence-electron chi connectivity index (χ3n) is 6.37. The molecule has 10 heteroatoms. The number of hydrogen-bond donors (Lipinski definition) is 2. The number of likely N-dealkylation sites (tertiary alicyclic amines) is 1. The molecule has 4 rings (SSSR count). The van der Waals surface area contributed by atoms with Crippen LogP contribution in [-0.4, -0.2) is 53.0 Å². The number of H-pyrrole nitrogens is 1. The molecule has 0 radical (unpaired) electrons. The average Bonchev–Trinajstić information content (AvgIpc) is 2.90. The van der Waals surface area contributed by atoms with Gasteiger partial charge >= 0.3 is 5.69 Å². The minimum atomic E-state index is -0.719. The summed E-state index contributed by atoms with van der Waals surface area (Å²) in [7, 11) is 1.48. The molecule has 0 bridgehead atoms. The van der Waals surface area contributed by atoms with E-state index in [4.69, 9.17) is 10.5 Å². The Hall–Kier alpha value is -4.34. The van der Waals surface area contributed by atoms with E-state index in [0.717, 1.165) is 5.56 Å². The second kappa shape index (κ2) is 10.9. The molecule has 1 fully saturated rings. The van der Waals surface area contributed by atoms with Crippen molar-refractivity contribution in [2.75, 3.05) is 37.4 Å². The van der Waals surface area contributed by atoms with Crippen LogP contribution in [0, 0.1) is 5.92 Å². The van der Waals surface area contributed by atoms with E-state index >= 15 is 0 Å². The largest absolute Gasteiger partial charge is 0.484 e. The zero-order chi connectivity index (χ0) is 25.7. The Morgan fingerprint density at radius 1 is 1.03 bits per heavy atom. The summed E-state index contributed by atoms with van der Waals surface area (Å²) in [5, 5.41) is 0. The number of hydrogen-bond acceptors (Lipinski definition) is 6. The second-order valence-corrected chi connectivity index (χ2v) is 8.72. The summed E-state index contributed by atoms with van der Waals surface area (Å²) in [5.41, 5.74) is 5.63. The Bertz CT molecular complexity index is 1330. The van der Waals surface area contributed by atoms with E-state index in [1.165, 1.54) is 16.5 Å². The van der Waals surface area contributed by atoms with Crippen molar-refractivity contribution in [2.45, 2.75) is 19.4 Å². The first kappa shape index (κ1) is 24.8. The Morgan fingerprint density at radius 3 is 2.28 bits per heavy atom. The van der Waals surface area contributed by atoms with Crippen molar-refractivity contribution in [3.8, 4) is 5.75 Å². The van der Waals surface area contributed by atoms with Crippen LogP contribution in [0.25, 0.3) is 0 Å². The first-order valence-electron chi connectivity index (χ1n) is 11.7. The highest BCUT2D eigenvalue weighted by atomic mass is 16.5. The molecule has 0 aliphatic carbocycles. The van der Waals surface area contributed by atoms with Crippen LogP contribution in [0.15, 0.2) is 70.3 Å². The number of anilines is 2. The number of aromatic nitrogens is 2. The standard InChI is InChI=1S/C26H29N5O5/c1-29(22-23(27)31(26(35)28-24(22)33)16-18-8-4-2-5-9-18)25(34)19-12-14-30(15-13-19)21(32)17-36-20-10-6-3-7-11-20/h2-11,19H,12-17,27H2,1H3,(H,28,33,35). The van der Waals surface area contributed by atoms with Gasteiger partial charge in [0.05, 0.1) is 6.54 Å². The van der Waals surface area contributed by atoms with Crippen LogP contribution in [0.1, 0.15) is 18.4 Å². The number of ether oxygens (including phenoxy) is 1. The van der Waals surface area contributed by atoms with Crippen molar-refractivity contribution in [3.05, 3.63) is 87.1 Å². The SMILES string of the molecule is CN(C(=O)C1CCN(C(=O)COc2ccccc2)CC1)c1c(N)n(Cc2ccccc2)c(=O)[nH]c1=O. The number of nitrogens with two attached hydrogens (primary N) is 1. The van der Waals surface area contributed by atoms with Crippen LogP contribution in [0.4, 0.5) is 11.5 Å². The lowest BCUT2D eigenvalue weighted by molar-refractivity contribution is -0.136. The monoisotopic (exact) mass is 491 g/mol. The molecule has 1 aromatic heterocycles. The van der Waals surface area contributed by atoms with Crippen LogP contribution < -0.4 is 26.6 Å². The summed E-state index contributed by atoms with van der Waals surface area (Å²) in [4.78, 5) is 56.0. The van der Waals surface area contributed by atoms with Crippen molar-refractivity contribution < 1.29 is 14.3 Å². The number of carbonyl (C=O) groups is 2. The van der Waals surface area contributed by atoms with E-state index in [1.54, 1.807) is 17.0 Å². The molecule has 0 unspecified atom stereocenters. The van der Waals surface area contributed by atoms with Gasteiger partial charge in [0.1, 0.15) is 11.6 Å². The Balaban J connectivity index is 1.41. The van der Waals surface area contributed by atoms with Crippen molar-refractivity contribution in [1.29, 1.82) is 0 Å². The zero-order valence-electron chi connectivity index (χ0n) is 20.1. The van der Waals surface area contributed by atoms with Crippen LogP contribution >= 0.6 is 0 Å². The predicted octanol–water partition coefficient (Wildman–Crippen LogP) is 1.45. The number of piperidine rings is 1. The second-order valence-electron chi connectivity index (χ2n) is 8.72. The fourth-order valence-electron chi connectivity index (χ4n) is 4.34. The summed E-state index contributed by atoms with van der Waals surface area (Å²) in [6.45, 7) is 0.890. The molecule has 0 atom stereocenters. The number of rotatable bonds is 7. The smallest absolute Gasteiger partial charge is 0.330 e. The lowest BCUT2D eigenvalue weighted by Crippen LogP contribution is -2.46. The highest BCUT2D eigenvalue weighted by Gasteiger charge is 2.31. The van der Waals surface area contributed by atoms with Gasteiger partial charge in [-0.25, -0.2) is 4.79 Å². The molecular weight excluding hydrogens is 462 g/mol. The molecule has 188 valence electrons. The Labute approximate surface area is 207 Å². The zero-order valence-corrected chi connectivity index (χ0v) is 20.1. The van der Waals surface area contributed by atoms with Crippen molar-refractivity contribution in [1.82, 2.24) is 14.5 Å². The summed E-state index contributed by atoms with van der Waals surface area (Å²) < 4.78 is 6.77. The Morgan fingerprint density at radius 2 is 1.64 bits per heavy atom. The molecule has 2 heterocycles. The van der Waals surface area contributed by atoms with Crippen LogP contribution in [-0.2, 0) is 16.1 Å². The minimum Gasteiger partial charge on any atom is -0.484 e. The molecule has 1 aliphatic heterocycles. The predicted molar refractivity (Wildman–Crippen MR) is 136 cm³/mol. The van der Waals surface area contributed by atoms with Crippen LogP contribution in [0.5, 0.6) is 5.75 Å². The van der Waals surface area contributed by atoms with E-state index in [1.807, 2.05) is 48.5 Å². The molecule has 3 aromatic rings. The molecule has 36 heavy (non-hydrogen) atoms. The summed E-state index contributed by atoms with van der Waals surface area (Å²) >= 11 is 0.